The van der Waals surface area contributed by atoms with Crippen LogP contribution in [0.25, 0.3) is 0 Å². The molecule has 1 unspecified atom stereocenters. The summed E-state index contributed by atoms with van der Waals surface area (Å²) >= 11 is 0. The molecule has 0 aromatic rings. The molecule has 0 radical (unpaired) electrons. The molecule has 3 aliphatic rings. The number of carbonyl (C=O) groups excluding carboxylic acids is 1. The maximum absolute atomic E-state index is 12.2. The second-order valence-electron chi connectivity index (χ2n) is 5.35. The van der Waals surface area contributed by atoms with E-state index in [1.54, 1.807) is 0 Å². The molecule has 3 heteroatoms. The number of hydrogen-bond donors (Lipinski definition) is 1. The molecule has 3 fully saturated rings. The number of amides is 1. The number of hydrogen-bond acceptors (Lipinski definition) is 2. The molecule has 84 valence electrons. The first-order chi connectivity index (χ1) is 7.27. The van der Waals surface area contributed by atoms with Gasteiger partial charge >= 0.3 is 0 Å². The minimum atomic E-state index is 0.145. The van der Waals surface area contributed by atoms with E-state index in [0.717, 1.165) is 18.9 Å². The summed E-state index contributed by atoms with van der Waals surface area (Å²) in [5.41, 5.74) is 0. The Bertz CT molecular complexity index is 267. The van der Waals surface area contributed by atoms with Gasteiger partial charge in [-0.05, 0) is 51.5 Å². The van der Waals surface area contributed by atoms with Gasteiger partial charge in [-0.3, -0.25) is 4.79 Å². The maximum atomic E-state index is 12.2. The van der Waals surface area contributed by atoms with Gasteiger partial charge in [-0.1, -0.05) is 0 Å². The predicted molar refractivity (Wildman–Crippen MR) is 58.5 cm³/mol. The zero-order chi connectivity index (χ0) is 10.4. The van der Waals surface area contributed by atoms with Crippen LogP contribution in [-0.4, -0.2) is 35.5 Å². The fraction of sp³-hybridized carbons (Fsp3) is 0.917. The van der Waals surface area contributed by atoms with Crippen molar-refractivity contribution in [1.82, 2.24) is 10.2 Å². The maximum Gasteiger partial charge on any atom is 0.240 e. The first-order valence-corrected chi connectivity index (χ1v) is 6.33. The molecule has 0 aromatic heterocycles. The zero-order valence-electron chi connectivity index (χ0n) is 9.41. The van der Waals surface area contributed by atoms with E-state index in [2.05, 4.69) is 17.1 Å². The average Bonchev–Trinajstić information content (AvgIpc) is 2.97. The van der Waals surface area contributed by atoms with Gasteiger partial charge in [0.2, 0.25) is 5.91 Å². The Balaban J connectivity index is 1.68. The lowest BCUT2D eigenvalue weighted by Crippen LogP contribution is -2.57. The minimum absolute atomic E-state index is 0.145. The van der Waals surface area contributed by atoms with Crippen molar-refractivity contribution in [3.05, 3.63) is 0 Å². The average molecular weight is 208 g/mol. The van der Waals surface area contributed by atoms with E-state index in [1.807, 2.05) is 0 Å². The minimum Gasteiger partial charge on any atom is -0.335 e. The van der Waals surface area contributed by atoms with Crippen LogP contribution >= 0.6 is 0 Å². The summed E-state index contributed by atoms with van der Waals surface area (Å²) in [7, 11) is 0. The van der Waals surface area contributed by atoms with E-state index in [-0.39, 0.29) is 6.04 Å². The Morgan fingerprint density at radius 2 is 1.93 bits per heavy atom. The van der Waals surface area contributed by atoms with Crippen molar-refractivity contribution in [1.29, 1.82) is 0 Å². The predicted octanol–water partition coefficient (Wildman–Crippen LogP) is 1.14. The summed E-state index contributed by atoms with van der Waals surface area (Å²) in [5, 5.41) is 3.23. The highest BCUT2D eigenvalue weighted by Crippen LogP contribution is 2.40. The molecular formula is C12H20N2O. The van der Waals surface area contributed by atoms with Crippen molar-refractivity contribution in [3.63, 3.8) is 0 Å². The molecule has 1 aliphatic heterocycles. The molecule has 3 rings (SSSR count). The van der Waals surface area contributed by atoms with Gasteiger partial charge in [-0.15, -0.1) is 0 Å². The molecule has 15 heavy (non-hydrogen) atoms. The fourth-order valence-corrected chi connectivity index (χ4v) is 2.55. The van der Waals surface area contributed by atoms with E-state index in [9.17, 15) is 4.79 Å². The van der Waals surface area contributed by atoms with Crippen LogP contribution in [0.15, 0.2) is 0 Å². The van der Waals surface area contributed by atoms with Gasteiger partial charge < -0.3 is 10.2 Å². The van der Waals surface area contributed by atoms with E-state index in [4.69, 9.17) is 0 Å². The molecule has 2 atom stereocenters. The lowest BCUT2D eigenvalue weighted by Gasteiger charge is -2.36. The monoisotopic (exact) mass is 208 g/mol. The molecule has 1 amide bonds. The highest BCUT2D eigenvalue weighted by molar-refractivity contribution is 5.83. The van der Waals surface area contributed by atoms with E-state index in [1.165, 1.54) is 25.7 Å². The Morgan fingerprint density at radius 1 is 1.27 bits per heavy atom. The van der Waals surface area contributed by atoms with Crippen molar-refractivity contribution in [2.75, 3.05) is 6.54 Å². The summed E-state index contributed by atoms with van der Waals surface area (Å²) in [6.07, 6.45) is 6.16. The smallest absolute Gasteiger partial charge is 0.240 e. The first-order valence-electron chi connectivity index (χ1n) is 6.33. The zero-order valence-corrected chi connectivity index (χ0v) is 9.41. The number of carbonyl (C=O) groups is 1. The summed E-state index contributed by atoms with van der Waals surface area (Å²) in [6, 6.07) is 1.22. The summed E-state index contributed by atoms with van der Waals surface area (Å²) in [4.78, 5) is 14.4. The summed E-state index contributed by atoms with van der Waals surface area (Å²) in [5.74, 6) is 1.18. The SMILES string of the molecule is CC(C1CC1)N(C(=O)[C@H]1CCN1)C1CC1. The summed E-state index contributed by atoms with van der Waals surface area (Å²) in [6.45, 7) is 3.26. The lowest BCUT2D eigenvalue weighted by molar-refractivity contribution is -0.138. The third kappa shape index (κ3) is 1.78. The topological polar surface area (TPSA) is 32.3 Å². The molecule has 2 aliphatic carbocycles. The highest BCUT2D eigenvalue weighted by atomic mass is 16.2. The molecular weight excluding hydrogens is 188 g/mol. The van der Waals surface area contributed by atoms with Gasteiger partial charge in [-0.2, -0.15) is 0 Å². The number of nitrogens with zero attached hydrogens (tertiary/aromatic N) is 1. The van der Waals surface area contributed by atoms with E-state index < -0.39 is 0 Å². The Labute approximate surface area is 91.2 Å². The second kappa shape index (κ2) is 3.48. The van der Waals surface area contributed by atoms with Crippen molar-refractivity contribution in [3.8, 4) is 0 Å². The van der Waals surface area contributed by atoms with Crippen LogP contribution in [0.1, 0.15) is 39.0 Å². The Kier molecular flexibility index (Phi) is 2.23. The molecule has 0 aromatic carbocycles. The number of nitrogens with one attached hydrogen (secondary N) is 1. The van der Waals surface area contributed by atoms with Crippen molar-refractivity contribution in [2.45, 2.75) is 57.2 Å². The molecule has 1 N–H and O–H groups in total. The van der Waals surface area contributed by atoms with Crippen molar-refractivity contribution in [2.24, 2.45) is 5.92 Å². The van der Waals surface area contributed by atoms with Crippen LogP contribution in [0.2, 0.25) is 0 Å². The molecule has 3 nitrogen and oxygen atoms in total. The standard InChI is InChI=1S/C12H20N2O/c1-8(9-2-3-9)14(10-4-5-10)12(15)11-6-7-13-11/h8-11,13H,2-7H2,1H3/t8?,11-/m1/s1. The molecule has 1 heterocycles. The number of rotatable bonds is 4. The second-order valence-corrected chi connectivity index (χ2v) is 5.35. The van der Waals surface area contributed by atoms with Gasteiger partial charge in [0.05, 0.1) is 6.04 Å². The van der Waals surface area contributed by atoms with Crippen molar-refractivity contribution >= 4 is 5.91 Å². The van der Waals surface area contributed by atoms with Gasteiger partial charge in [-0.25, -0.2) is 0 Å². The summed E-state index contributed by atoms with van der Waals surface area (Å²) < 4.78 is 0. The van der Waals surface area contributed by atoms with Gasteiger partial charge in [0.1, 0.15) is 0 Å². The molecule has 2 saturated carbocycles. The van der Waals surface area contributed by atoms with Gasteiger partial charge in [0.25, 0.3) is 0 Å². The first kappa shape index (κ1) is 9.64. The third-order valence-corrected chi connectivity index (χ3v) is 4.06. The Morgan fingerprint density at radius 3 is 2.33 bits per heavy atom. The van der Waals surface area contributed by atoms with E-state index in [0.29, 0.717) is 18.0 Å². The lowest BCUT2D eigenvalue weighted by atomic mass is 10.0. The Hall–Kier alpha value is -0.570. The fourth-order valence-electron chi connectivity index (χ4n) is 2.55. The van der Waals surface area contributed by atoms with Crippen LogP contribution in [0.3, 0.4) is 0 Å². The van der Waals surface area contributed by atoms with Crippen molar-refractivity contribution < 1.29 is 4.79 Å². The van der Waals surface area contributed by atoms with Crippen LogP contribution < -0.4 is 5.32 Å². The highest BCUT2D eigenvalue weighted by Gasteiger charge is 2.44. The van der Waals surface area contributed by atoms with Crippen LogP contribution in [0.4, 0.5) is 0 Å². The van der Waals surface area contributed by atoms with Crippen LogP contribution in [0.5, 0.6) is 0 Å². The molecule has 0 spiro atoms. The van der Waals surface area contributed by atoms with Gasteiger partial charge in [0, 0.05) is 12.1 Å². The van der Waals surface area contributed by atoms with Crippen LogP contribution in [-0.2, 0) is 4.79 Å². The third-order valence-electron chi connectivity index (χ3n) is 4.06. The molecule has 1 saturated heterocycles. The van der Waals surface area contributed by atoms with E-state index >= 15 is 0 Å². The largest absolute Gasteiger partial charge is 0.335 e. The molecule has 0 bridgehead atoms. The van der Waals surface area contributed by atoms with Gasteiger partial charge in [0.15, 0.2) is 0 Å². The normalized spacial score (nSPS) is 31.9. The quantitative estimate of drug-likeness (QED) is 0.751. The van der Waals surface area contributed by atoms with Crippen LogP contribution in [0, 0.1) is 5.92 Å².